The SMILES string of the molecule is CCOc1ccccc1OCCS(=O)(=O)CCCN. The predicted octanol–water partition coefficient (Wildman–Crippen LogP) is 1.23. The first kappa shape index (κ1) is 15.8. The lowest BCUT2D eigenvalue weighted by Gasteiger charge is -2.11. The summed E-state index contributed by atoms with van der Waals surface area (Å²) in [5, 5.41) is 0. The number of hydrogen-bond donors (Lipinski definition) is 1. The lowest BCUT2D eigenvalue weighted by Crippen LogP contribution is -2.19. The molecule has 6 heteroatoms. The van der Waals surface area contributed by atoms with Crippen molar-refractivity contribution < 1.29 is 17.9 Å². The van der Waals surface area contributed by atoms with Gasteiger partial charge in [0.15, 0.2) is 21.3 Å². The zero-order valence-corrected chi connectivity index (χ0v) is 12.0. The summed E-state index contributed by atoms with van der Waals surface area (Å²) in [6.45, 7) is 2.92. The van der Waals surface area contributed by atoms with Gasteiger partial charge in [-0.15, -0.1) is 0 Å². The van der Waals surface area contributed by atoms with Gasteiger partial charge in [0.05, 0.1) is 18.1 Å². The highest BCUT2D eigenvalue weighted by atomic mass is 32.2. The highest BCUT2D eigenvalue weighted by Gasteiger charge is 2.11. The smallest absolute Gasteiger partial charge is 0.161 e. The van der Waals surface area contributed by atoms with Gasteiger partial charge in [0, 0.05) is 0 Å². The van der Waals surface area contributed by atoms with Crippen LogP contribution >= 0.6 is 0 Å². The Morgan fingerprint density at radius 2 is 1.74 bits per heavy atom. The van der Waals surface area contributed by atoms with Crippen molar-refractivity contribution in [1.82, 2.24) is 0 Å². The summed E-state index contributed by atoms with van der Waals surface area (Å²) in [6, 6.07) is 7.22. The minimum atomic E-state index is -3.08. The molecule has 0 saturated carbocycles. The molecule has 1 rings (SSSR count). The zero-order chi connectivity index (χ0) is 14.1. The van der Waals surface area contributed by atoms with Crippen LogP contribution in [0.1, 0.15) is 13.3 Å². The molecule has 0 spiro atoms. The molecule has 0 aromatic heterocycles. The highest BCUT2D eigenvalue weighted by molar-refractivity contribution is 7.91. The van der Waals surface area contributed by atoms with Crippen molar-refractivity contribution in [3.63, 3.8) is 0 Å². The van der Waals surface area contributed by atoms with Crippen LogP contribution in [0.25, 0.3) is 0 Å². The molecule has 0 aliphatic heterocycles. The Hall–Kier alpha value is -1.27. The molecule has 0 amide bonds. The van der Waals surface area contributed by atoms with Gasteiger partial charge in [-0.3, -0.25) is 0 Å². The molecule has 1 aromatic carbocycles. The lowest BCUT2D eigenvalue weighted by molar-refractivity contribution is 0.288. The van der Waals surface area contributed by atoms with Crippen molar-refractivity contribution in [3.8, 4) is 11.5 Å². The quantitative estimate of drug-likeness (QED) is 0.739. The number of benzene rings is 1. The Morgan fingerprint density at radius 1 is 1.11 bits per heavy atom. The van der Waals surface area contributed by atoms with Crippen LogP contribution in [0.3, 0.4) is 0 Å². The van der Waals surface area contributed by atoms with Crippen LogP contribution in [0.4, 0.5) is 0 Å². The fraction of sp³-hybridized carbons (Fsp3) is 0.538. The number of para-hydroxylation sites is 2. The zero-order valence-electron chi connectivity index (χ0n) is 11.2. The van der Waals surface area contributed by atoms with Crippen LogP contribution in [0.5, 0.6) is 11.5 Å². The summed E-state index contributed by atoms with van der Waals surface area (Å²) in [7, 11) is -3.08. The summed E-state index contributed by atoms with van der Waals surface area (Å²) in [6.07, 6.45) is 0.484. The fourth-order valence-electron chi connectivity index (χ4n) is 1.53. The van der Waals surface area contributed by atoms with Gasteiger partial charge in [0.2, 0.25) is 0 Å². The van der Waals surface area contributed by atoms with E-state index in [1.807, 2.05) is 19.1 Å². The summed E-state index contributed by atoms with van der Waals surface area (Å²) in [4.78, 5) is 0. The molecule has 5 nitrogen and oxygen atoms in total. The number of sulfone groups is 1. The van der Waals surface area contributed by atoms with Crippen molar-refractivity contribution in [1.29, 1.82) is 0 Å². The van der Waals surface area contributed by atoms with Crippen molar-refractivity contribution in [3.05, 3.63) is 24.3 Å². The molecule has 0 radical (unpaired) electrons. The maximum Gasteiger partial charge on any atom is 0.161 e. The molecule has 2 N–H and O–H groups in total. The first-order chi connectivity index (χ1) is 9.09. The molecule has 0 aliphatic rings. The number of nitrogens with two attached hydrogens (primary N) is 1. The normalized spacial score (nSPS) is 11.3. The second-order valence-corrected chi connectivity index (χ2v) is 6.33. The van der Waals surface area contributed by atoms with E-state index in [4.69, 9.17) is 15.2 Å². The van der Waals surface area contributed by atoms with E-state index in [9.17, 15) is 8.42 Å². The van der Waals surface area contributed by atoms with Gasteiger partial charge in [0.25, 0.3) is 0 Å². The molecule has 0 saturated heterocycles. The molecular formula is C13H21NO4S. The van der Waals surface area contributed by atoms with E-state index in [-0.39, 0.29) is 18.1 Å². The predicted molar refractivity (Wildman–Crippen MR) is 75.4 cm³/mol. The van der Waals surface area contributed by atoms with Gasteiger partial charge in [0.1, 0.15) is 6.61 Å². The third-order valence-corrected chi connectivity index (χ3v) is 4.16. The van der Waals surface area contributed by atoms with Crippen molar-refractivity contribution in [2.45, 2.75) is 13.3 Å². The molecule has 0 bridgehead atoms. The molecule has 0 heterocycles. The Balaban J connectivity index is 2.49. The van der Waals surface area contributed by atoms with Gasteiger partial charge in [-0.1, -0.05) is 12.1 Å². The minimum absolute atomic E-state index is 0.00649. The van der Waals surface area contributed by atoms with Crippen LogP contribution in [-0.2, 0) is 9.84 Å². The van der Waals surface area contributed by atoms with E-state index in [1.165, 1.54) is 0 Å². The minimum Gasteiger partial charge on any atom is -0.490 e. The van der Waals surface area contributed by atoms with Gasteiger partial charge in [-0.2, -0.15) is 0 Å². The lowest BCUT2D eigenvalue weighted by atomic mass is 10.3. The monoisotopic (exact) mass is 287 g/mol. The van der Waals surface area contributed by atoms with Crippen LogP contribution in [-0.4, -0.2) is 39.7 Å². The van der Waals surface area contributed by atoms with E-state index in [0.29, 0.717) is 31.1 Å². The standard InChI is InChI=1S/C13H21NO4S/c1-2-17-12-6-3-4-7-13(12)18-9-11-19(15,16)10-5-8-14/h3-4,6-7H,2,5,8-11,14H2,1H3. The first-order valence-corrected chi connectivity index (χ1v) is 8.16. The van der Waals surface area contributed by atoms with E-state index in [0.717, 1.165) is 0 Å². The molecule has 19 heavy (non-hydrogen) atoms. The average molecular weight is 287 g/mol. The van der Waals surface area contributed by atoms with Crippen molar-refractivity contribution >= 4 is 9.84 Å². The number of ether oxygens (including phenoxy) is 2. The topological polar surface area (TPSA) is 78.6 Å². The third kappa shape index (κ3) is 5.94. The largest absolute Gasteiger partial charge is 0.490 e. The van der Waals surface area contributed by atoms with Gasteiger partial charge in [-0.05, 0) is 32.0 Å². The second kappa shape index (κ2) is 8.01. The van der Waals surface area contributed by atoms with E-state index in [1.54, 1.807) is 12.1 Å². The highest BCUT2D eigenvalue weighted by Crippen LogP contribution is 2.26. The fourth-order valence-corrected chi connectivity index (χ4v) is 2.68. The Morgan fingerprint density at radius 3 is 2.32 bits per heavy atom. The maximum atomic E-state index is 11.6. The molecule has 0 aliphatic carbocycles. The van der Waals surface area contributed by atoms with E-state index >= 15 is 0 Å². The van der Waals surface area contributed by atoms with Crippen molar-refractivity contribution in [2.24, 2.45) is 5.73 Å². The molecule has 0 unspecified atom stereocenters. The number of rotatable bonds is 9. The van der Waals surface area contributed by atoms with Crippen LogP contribution in [0.15, 0.2) is 24.3 Å². The molecule has 1 aromatic rings. The third-order valence-electron chi connectivity index (χ3n) is 2.46. The molecule has 0 fully saturated rings. The van der Waals surface area contributed by atoms with Crippen LogP contribution in [0.2, 0.25) is 0 Å². The summed E-state index contributed by atoms with van der Waals surface area (Å²) in [5.74, 6) is 1.30. The molecular weight excluding hydrogens is 266 g/mol. The molecule has 0 atom stereocenters. The first-order valence-electron chi connectivity index (χ1n) is 6.34. The molecule has 108 valence electrons. The second-order valence-electron chi connectivity index (χ2n) is 4.02. The van der Waals surface area contributed by atoms with Crippen LogP contribution < -0.4 is 15.2 Å². The Kier molecular flexibility index (Phi) is 6.66. The summed E-state index contributed by atoms with van der Waals surface area (Å²) < 4.78 is 34.1. The summed E-state index contributed by atoms with van der Waals surface area (Å²) in [5.41, 5.74) is 5.30. The van der Waals surface area contributed by atoms with E-state index < -0.39 is 9.84 Å². The number of hydrogen-bond acceptors (Lipinski definition) is 5. The Bertz CT molecular complexity index is 473. The van der Waals surface area contributed by atoms with Crippen molar-refractivity contribution in [2.75, 3.05) is 31.3 Å². The van der Waals surface area contributed by atoms with Gasteiger partial charge >= 0.3 is 0 Å². The van der Waals surface area contributed by atoms with Gasteiger partial charge in [-0.25, -0.2) is 8.42 Å². The van der Waals surface area contributed by atoms with Gasteiger partial charge < -0.3 is 15.2 Å². The van der Waals surface area contributed by atoms with E-state index in [2.05, 4.69) is 0 Å². The Labute approximate surface area is 114 Å². The summed E-state index contributed by atoms with van der Waals surface area (Å²) >= 11 is 0. The maximum absolute atomic E-state index is 11.6. The van der Waals surface area contributed by atoms with Crippen LogP contribution in [0, 0.1) is 0 Å². The average Bonchev–Trinajstić information content (AvgIpc) is 2.39.